The van der Waals surface area contributed by atoms with Crippen molar-refractivity contribution in [2.75, 3.05) is 12.3 Å². The molecule has 2 N–H and O–H groups in total. The Morgan fingerprint density at radius 3 is 2.40 bits per heavy atom. The molecule has 0 radical (unpaired) electrons. The van der Waals surface area contributed by atoms with Crippen LogP contribution in [0.4, 0.5) is 4.39 Å². The number of carboxylic acid groups (broad SMARTS) is 1. The van der Waals surface area contributed by atoms with Gasteiger partial charge in [0.2, 0.25) is 5.91 Å². The number of benzene rings is 1. The zero-order valence-electron chi connectivity index (χ0n) is 11.4. The van der Waals surface area contributed by atoms with Gasteiger partial charge < -0.3 is 10.4 Å². The molecule has 0 spiro atoms. The van der Waals surface area contributed by atoms with Gasteiger partial charge in [0, 0.05) is 11.4 Å². The molecule has 0 bridgehead atoms. The number of carbonyl (C=O) groups excluding carboxylic acids is 1. The van der Waals surface area contributed by atoms with Crippen molar-refractivity contribution in [3.8, 4) is 0 Å². The highest BCUT2D eigenvalue weighted by atomic mass is 32.2. The van der Waals surface area contributed by atoms with Gasteiger partial charge in [0.1, 0.15) is 5.82 Å². The first-order valence-corrected chi connectivity index (χ1v) is 7.26. The molecule has 0 aliphatic carbocycles. The van der Waals surface area contributed by atoms with Crippen LogP contribution in [0.1, 0.15) is 13.8 Å². The summed E-state index contributed by atoms with van der Waals surface area (Å²) >= 11 is 1.28. The maximum absolute atomic E-state index is 12.7. The molecule has 1 atom stereocenters. The Morgan fingerprint density at radius 1 is 1.30 bits per heavy atom. The van der Waals surface area contributed by atoms with E-state index in [0.29, 0.717) is 0 Å². The summed E-state index contributed by atoms with van der Waals surface area (Å²) in [6.07, 6.45) is 0. The third kappa shape index (κ3) is 5.61. The molecular formula is C14H18FNO3S. The third-order valence-electron chi connectivity index (χ3n) is 2.82. The van der Waals surface area contributed by atoms with Crippen molar-refractivity contribution in [3.63, 3.8) is 0 Å². The zero-order chi connectivity index (χ0) is 15.1. The number of thioether (sulfide) groups is 1. The van der Waals surface area contributed by atoms with E-state index in [2.05, 4.69) is 5.32 Å². The summed E-state index contributed by atoms with van der Waals surface area (Å²) < 4.78 is 12.7. The second-order valence-electron chi connectivity index (χ2n) is 4.74. The van der Waals surface area contributed by atoms with Crippen LogP contribution >= 0.6 is 11.8 Å². The van der Waals surface area contributed by atoms with Crippen molar-refractivity contribution < 1.29 is 19.1 Å². The standard InChI is InChI=1S/C14H18FNO3S/c1-9(2)12(14(18)19)7-16-13(17)8-20-11-5-3-10(15)4-6-11/h3-6,9,12H,7-8H2,1-2H3,(H,16,17)(H,18,19). The highest BCUT2D eigenvalue weighted by Crippen LogP contribution is 2.17. The molecule has 1 aromatic rings. The van der Waals surface area contributed by atoms with E-state index in [9.17, 15) is 14.0 Å². The highest BCUT2D eigenvalue weighted by Gasteiger charge is 2.21. The molecule has 4 nitrogen and oxygen atoms in total. The monoisotopic (exact) mass is 299 g/mol. The van der Waals surface area contributed by atoms with E-state index in [1.54, 1.807) is 26.0 Å². The number of carboxylic acids is 1. The van der Waals surface area contributed by atoms with Gasteiger partial charge in [-0.25, -0.2) is 4.39 Å². The fraction of sp³-hybridized carbons (Fsp3) is 0.429. The second-order valence-corrected chi connectivity index (χ2v) is 5.78. The number of aliphatic carboxylic acids is 1. The van der Waals surface area contributed by atoms with Gasteiger partial charge in [-0.2, -0.15) is 0 Å². The lowest BCUT2D eigenvalue weighted by molar-refractivity contribution is -0.143. The van der Waals surface area contributed by atoms with Gasteiger partial charge in [0.05, 0.1) is 11.7 Å². The average molecular weight is 299 g/mol. The van der Waals surface area contributed by atoms with Crippen LogP contribution in [0.25, 0.3) is 0 Å². The van der Waals surface area contributed by atoms with Crippen molar-refractivity contribution in [1.82, 2.24) is 5.32 Å². The lowest BCUT2D eigenvalue weighted by atomic mass is 9.96. The van der Waals surface area contributed by atoms with Gasteiger partial charge in [-0.1, -0.05) is 13.8 Å². The molecule has 0 aromatic heterocycles. The predicted molar refractivity (Wildman–Crippen MR) is 76.1 cm³/mol. The molecule has 6 heteroatoms. The largest absolute Gasteiger partial charge is 0.481 e. The van der Waals surface area contributed by atoms with Gasteiger partial charge in [-0.3, -0.25) is 9.59 Å². The zero-order valence-corrected chi connectivity index (χ0v) is 12.2. The molecule has 0 saturated heterocycles. The summed E-state index contributed by atoms with van der Waals surface area (Å²) in [6.45, 7) is 3.73. The number of hydrogen-bond acceptors (Lipinski definition) is 3. The van der Waals surface area contributed by atoms with Crippen LogP contribution in [0.2, 0.25) is 0 Å². The molecule has 0 heterocycles. The molecule has 1 unspecified atom stereocenters. The minimum absolute atomic E-state index is 0.0439. The molecule has 110 valence electrons. The van der Waals surface area contributed by atoms with Gasteiger partial charge in [0.15, 0.2) is 0 Å². The maximum Gasteiger partial charge on any atom is 0.308 e. The minimum atomic E-state index is -0.911. The van der Waals surface area contributed by atoms with Crippen LogP contribution in [0, 0.1) is 17.7 Å². The summed E-state index contributed by atoms with van der Waals surface area (Å²) in [5.41, 5.74) is 0. The van der Waals surface area contributed by atoms with Gasteiger partial charge in [-0.15, -0.1) is 11.8 Å². The number of hydrogen-bond donors (Lipinski definition) is 2. The maximum atomic E-state index is 12.7. The molecule has 0 saturated carbocycles. The summed E-state index contributed by atoms with van der Waals surface area (Å²) in [4.78, 5) is 23.4. The summed E-state index contributed by atoms with van der Waals surface area (Å²) in [5, 5.41) is 11.6. The number of nitrogens with one attached hydrogen (secondary N) is 1. The quantitative estimate of drug-likeness (QED) is 0.759. The fourth-order valence-corrected chi connectivity index (χ4v) is 2.29. The Hall–Kier alpha value is -1.56. The Kier molecular flexibility index (Phi) is 6.51. The molecule has 0 aliphatic rings. The van der Waals surface area contributed by atoms with Crippen LogP contribution in [-0.2, 0) is 9.59 Å². The predicted octanol–water partition coefficient (Wildman–Crippen LogP) is 2.39. The number of amides is 1. The number of halogens is 1. The van der Waals surface area contributed by atoms with Gasteiger partial charge >= 0.3 is 5.97 Å². The van der Waals surface area contributed by atoms with Crippen molar-refractivity contribution in [3.05, 3.63) is 30.1 Å². The Bertz CT molecular complexity index is 462. The Labute approximate surface area is 121 Å². The van der Waals surface area contributed by atoms with E-state index < -0.39 is 11.9 Å². The second kappa shape index (κ2) is 7.89. The van der Waals surface area contributed by atoms with Crippen LogP contribution < -0.4 is 5.32 Å². The van der Waals surface area contributed by atoms with E-state index in [1.165, 1.54) is 23.9 Å². The molecule has 1 aromatic carbocycles. The molecule has 1 rings (SSSR count). The van der Waals surface area contributed by atoms with Gasteiger partial charge in [0.25, 0.3) is 0 Å². The SMILES string of the molecule is CC(C)C(CNC(=O)CSc1ccc(F)cc1)C(=O)O. The van der Waals surface area contributed by atoms with Crippen molar-refractivity contribution in [2.45, 2.75) is 18.7 Å². The molecule has 0 aliphatic heterocycles. The summed E-state index contributed by atoms with van der Waals surface area (Å²) in [6, 6.07) is 5.86. The lowest BCUT2D eigenvalue weighted by Crippen LogP contribution is -2.36. The average Bonchev–Trinajstić information content (AvgIpc) is 2.37. The van der Waals surface area contributed by atoms with Crippen LogP contribution in [0.15, 0.2) is 29.2 Å². The molecule has 20 heavy (non-hydrogen) atoms. The summed E-state index contributed by atoms with van der Waals surface area (Å²) in [5.74, 6) is -1.92. The van der Waals surface area contributed by atoms with Crippen molar-refractivity contribution in [1.29, 1.82) is 0 Å². The number of carbonyl (C=O) groups is 2. The van der Waals surface area contributed by atoms with Crippen molar-refractivity contribution in [2.24, 2.45) is 11.8 Å². The first kappa shape index (κ1) is 16.5. The van der Waals surface area contributed by atoms with Crippen LogP contribution in [0.3, 0.4) is 0 Å². The van der Waals surface area contributed by atoms with Crippen LogP contribution in [-0.4, -0.2) is 29.3 Å². The molecule has 0 fully saturated rings. The highest BCUT2D eigenvalue weighted by molar-refractivity contribution is 8.00. The van der Waals surface area contributed by atoms with Crippen molar-refractivity contribution >= 4 is 23.6 Å². The van der Waals surface area contributed by atoms with E-state index >= 15 is 0 Å². The van der Waals surface area contributed by atoms with E-state index in [1.807, 2.05) is 0 Å². The Morgan fingerprint density at radius 2 is 1.90 bits per heavy atom. The Balaban J connectivity index is 2.36. The summed E-state index contributed by atoms with van der Waals surface area (Å²) in [7, 11) is 0. The van der Waals surface area contributed by atoms with E-state index in [0.717, 1.165) is 4.90 Å². The number of rotatable bonds is 7. The normalized spacial score (nSPS) is 12.2. The first-order valence-electron chi connectivity index (χ1n) is 6.28. The van der Waals surface area contributed by atoms with E-state index in [4.69, 9.17) is 5.11 Å². The smallest absolute Gasteiger partial charge is 0.308 e. The topological polar surface area (TPSA) is 66.4 Å². The van der Waals surface area contributed by atoms with Crippen LogP contribution in [0.5, 0.6) is 0 Å². The molecular weight excluding hydrogens is 281 g/mol. The van der Waals surface area contributed by atoms with Gasteiger partial charge in [-0.05, 0) is 30.2 Å². The van der Waals surface area contributed by atoms with E-state index in [-0.39, 0.29) is 29.9 Å². The first-order chi connectivity index (χ1) is 9.40. The molecule has 1 amide bonds. The fourth-order valence-electron chi connectivity index (χ4n) is 1.56. The minimum Gasteiger partial charge on any atom is -0.481 e. The lowest BCUT2D eigenvalue weighted by Gasteiger charge is -2.16. The third-order valence-corrected chi connectivity index (χ3v) is 3.84.